The Labute approximate surface area is 128 Å². The highest BCUT2D eigenvalue weighted by molar-refractivity contribution is 5.76. The van der Waals surface area contributed by atoms with E-state index in [1.807, 2.05) is 38.1 Å². The summed E-state index contributed by atoms with van der Waals surface area (Å²) in [4.78, 5) is 11.7. The van der Waals surface area contributed by atoms with Gasteiger partial charge in [0.1, 0.15) is 5.75 Å². The Balaban J connectivity index is 2.33. The van der Waals surface area contributed by atoms with Gasteiger partial charge in [-0.15, -0.1) is 0 Å². The van der Waals surface area contributed by atoms with Crippen molar-refractivity contribution >= 4 is 11.6 Å². The second kappa shape index (κ2) is 9.27. The van der Waals surface area contributed by atoms with Gasteiger partial charge in [0.25, 0.3) is 0 Å². The Kier molecular flexibility index (Phi) is 7.65. The van der Waals surface area contributed by atoms with Crippen LogP contribution in [0, 0.1) is 5.92 Å². The number of nitrogens with one attached hydrogen (secondary N) is 2. The summed E-state index contributed by atoms with van der Waals surface area (Å²) in [5.74, 6) is 1.53. The second-order valence-corrected chi connectivity index (χ2v) is 5.87. The number of carbonyl (C=O) groups excluding carboxylic acids is 1. The smallest absolute Gasteiger partial charge is 0.221 e. The van der Waals surface area contributed by atoms with Gasteiger partial charge < -0.3 is 15.4 Å². The van der Waals surface area contributed by atoms with Gasteiger partial charge in [-0.1, -0.05) is 26.0 Å². The predicted molar refractivity (Wildman–Crippen MR) is 87.8 cm³/mol. The quantitative estimate of drug-likeness (QED) is 0.733. The summed E-state index contributed by atoms with van der Waals surface area (Å²) in [5.41, 5.74) is 0.932. The van der Waals surface area contributed by atoms with Crippen LogP contribution in [0.15, 0.2) is 24.3 Å². The lowest BCUT2D eigenvalue weighted by atomic mass is 10.1. The molecule has 0 saturated heterocycles. The maximum atomic E-state index is 11.7. The number of rotatable bonds is 9. The molecule has 0 aliphatic rings. The van der Waals surface area contributed by atoms with Crippen LogP contribution in [-0.4, -0.2) is 25.1 Å². The summed E-state index contributed by atoms with van der Waals surface area (Å²) < 4.78 is 5.73. The monoisotopic (exact) mass is 292 g/mol. The van der Waals surface area contributed by atoms with Crippen molar-refractivity contribution in [1.82, 2.24) is 5.32 Å². The third kappa shape index (κ3) is 7.59. The van der Waals surface area contributed by atoms with Crippen LogP contribution in [0.25, 0.3) is 0 Å². The highest BCUT2D eigenvalue weighted by atomic mass is 16.5. The Morgan fingerprint density at radius 2 is 1.86 bits per heavy atom. The lowest BCUT2D eigenvalue weighted by molar-refractivity contribution is -0.120. The topological polar surface area (TPSA) is 50.4 Å². The number of anilines is 1. The van der Waals surface area contributed by atoms with Crippen molar-refractivity contribution in [3.05, 3.63) is 24.3 Å². The molecule has 118 valence electrons. The molecule has 0 aliphatic heterocycles. The number of carbonyl (C=O) groups is 1. The van der Waals surface area contributed by atoms with Gasteiger partial charge >= 0.3 is 0 Å². The van der Waals surface area contributed by atoms with Gasteiger partial charge in [0.15, 0.2) is 0 Å². The van der Waals surface area contributed by atoms with E-state index in [-0.39, 0.29) is 12.0 Å². The average Bonchev–Trinajstić information content (AvgIpc) is 2.39. The maximum Gasteiger partial charge on any atom is 0.221 e. The molecular weight excluding hydrogens is 264 g/mol. The number of amides is 1. The summed E-state index contributed by atoms with van der Waals surface area (Å²) in [5, 5.41) is 6.20. The molecule has 4 heteroatoms. The van der Waals surface area contributed by atoms with Gasteiger partial charge in [0.2, 0.25) is 5.91 Å². The fourth-order valence-corrected chi connectivity index (χ4v) is 1.87. The normalized spacial score (nSPS) is 10.8. The summed E-state index contributed by atoms with van der Waals surface area (Å²) in [7, 11) is 0. The van der Waals surface area contributed by atoms with E-state index in [2.05, 4.69) is 24.5 Å². The molecule has 0 unspecified atom stereocenters. The fourth-order valence-electron chi connectivity index (χ4n) is 1.87. The van der Waals surface area contributed by atoms with E-state index >= 15 is 0 Å². The molecule has 1 amide bonds. The van der Waals surface area contributed by atoms with Crippen molar-refractivity contribution < 1.29 is 9.53 Å². The SMILES string of the molecule is CC(C)CCNC(=O)CCNc1ccccc1OC(C)C. The van der Waals surface area contributed by atoms with Crippen molar-refractivity contribution in [3.63, 3.8) is 0 Å². The van der Waals surface area contributed by atoms with E-state index < -0.39 is 0 Å². The summed E-state index contributed by atoms with van der Waals surface area (Å²) in [6, 6.07) is 7.80. The zero-order chi connectivity index (χ0) is 15.7. The molecule has 0 heterocycles. The van der Waals surface area contributed by atoms with Crippen molar-refractivity contribution in [2.75, 3.05) is 18.4 Å². The molecule has 0 spiro atoms. The van der Waals surface area contributed by atoms with Crippen molar-refractivity contribution in [2.24, 2.45) is 5.92 Å². The molecule has 0 saturated carbocycles. The molecule has 1 aromatic rings. The van der Waals surface area contributed by atoms with Gasteiger partial charge in [0, 0.05) is 19.5 Å². The maximum absolute atomic E-state index is 11.7. The molecular formula is C17H28N2O2. The van der Waals surface area contributed by atoms with E-state index in [1.54, 1.807) is 0 Å². The first-order valence-corrected chi connectivity index (χ1v) is 7.75. The lowest BCUT2D eigenvalue weighted by Crippen LogP contribution is -2.27. The van der Waals surface area contributed by atoms with Crippen LogP contribution in [0.1, 0.15) is 40.5 Å². The van der Waals surface area contributed by atoms with E-state index in [4.69, 9.17) is 4.74 Å². The second-order valence-electron chi connectivity index (χ2n) is 5.87. The van der Waals surface area contributed by atoms with Crippen molar-refractivity contribution in [2.45, 2.75) is 46.6 Å². The minimum absolute atomic E-state index is 0.0883. The van der Waals surface area contributed by atoms with Crippen LogP contribution in [0.2, 0.25) is 0 Å². The first-order chi connectivity index (χ1) is 9.99. The van der Waals surface area contributed by atoms with Crippen LogP contribution in [0.5, 0.6) is 5.75 Å². The highest BCUT2D eigenvalue weighted by Crippen LogP contribution is 2.24. The zero-order valence-corrected chi connectivity index (χ0v) is 13.6. The van der Waals surface area contributed by atoms with E-state index in [9.17, 15) is 4.79 Å². The molecule has 1 rings (SSSR count). The van der Waals surface area contributed by atoms with Crippen molar-refractivity contribution in [3.8, 4) is 5.75 Å². The van der Waals surface area contributed by atoms with Gasteiger partial charge in [-0.25, -0.2) is 0 Å². The minimum Gasteiger partial charge on any atom is -0.489 e. The Morgan fingerprint density at radius 1 is 1.14 bits per heavy atom. The first-order valence-electron chi connectivity index (χ1n) is 7.75. The molecule has 0 fully saturated rings. The van der Waals surface area contributed by atoms with Crippen LogP contribution in [-0.2, 0) is 4.79 Å². The van der Waals surface area contributed by atoms with E-state index in [0.717, 1.165) is 24.4 Å². The average molecular weight is 292 g/mol. The standard InChI is InChI=1S/C17H28N2O2/c1-13(2)9-11-19-17(20)10-12-18-15-7-5-6-8-16(15)21-14(3)4/h5-8,13-14,18H,9-12H2,1-4H3,(H,19,20). The van der Waals surface area contributed by atoms with Gasteiger partial charge in [-0.3, -0.25) is 4.79 Å². The van der Waals surface area contributed by atoms with E-state index in [1.165, 1.54) is 0 Å². The highest BCUT2D eigenvalue weighted by Gasteiger charge is 2.06. The summed E-state index contributed by atoms with van der Waals surface area (Å²) in [6.45, 7) is 9.66. The van der Waals surface area contributed by atoms with Crippen LogP contribution in [0.4, 0.5) is 5.69 Å². The van der Waals surface area contributed by atoms with E-state index in [0.29, 0.717) is 18.9 Å². The Bertz CT molecular complexity index is 431. The number of para-hydroxylation sites is 2. The van der Waals surface area contributed by atoms with Crippen LogP contribution < -0.4 is 15.4 Å². The predicted octanol–water partition coefficient (Wildman–Crippen LogP) is 3.44. The molecule has 2 N–H and O–H groups in total. The zero-order valence-electron chi connectivity index (χ0n) is 13.6. The molecule has 0 aromatic heterocycles. The minimum atomic E-state index is 0.0883. The molecule has 4 nitrogen and oxygen atoms in total. The summed E-state index contributed by atoms with van der Waals surface area (Å²) in [6.07, 6.45) is 1.62. The first kappa shape index (κ1) is 17.3. The molecule has 0 aliphatic carbocycles. The van der Waals surface area contributed by atoms with Gasteiger partial charge in [-0.05, 0) is 38.3 Å². The van der Waals surface area contributed by atoms with Crippen LogP contribution in [0.3, 0.4) is 0 Å². The fraction of sp³-hybridized carbons (Fsp3) is 0.588. The largest absolute Gasteiger partial charge is 0.489 e. The van der Waals surface area contributed by atoms with Crippen molar-refractivity contribution in [1.29, 1.82) is 0 Å². The number of hydrogen-bond donors (Lipinski definition) is 2. The number of ether oxygens (including phenoxy) is 1. The molecule has 1 aromatic carbocycles. The van der Waals surface area contributed by atoms with Gasteiger partial charge in [0.05, 0.1) is 11.8 Å². The lowest BCUT2D eigenvalue weighted by Gasteiger charge is -2.15. The molecule has 0 atom stereocenters. The molecule has 0 radical (unpaired) electrons. The Morgan fingerprint density at radius 3 is 2.52 bits per heavy atom. The van der Waals surface area contributed by atoms with Gasteiger partial charge in [-0.2, -0.15) is 0 Å². The summed E-state index contributed by atoms with van der Waals surface area (Å²) >= 11 is 0. The number of hydrogen-bond acceptors (Lipinski definition) is 3. The third-order valence-corrected chi connectivity index (χ3v) is 2.96. The molecule has 21 heavy (non-hydrogen) atoms. The van der Waals surface area contributed by atoms with Crippen LogP contribution >= 0.6 is 0 Å². The number of benzene rings is 1. The third-order valence-electron chi connectivity index (χ3n) is 2.96. The molecule has 0 bridgehead atoms. The Hall–Kier alpha value is -1.71.